The number of rotatable bonds is 1. The summed E-state index contributed by atoms with van der Waals surface area (Å²) in [6, 6.07) is 4.79. The van der Waals surface area contributed by atoms with Gasteiger partial charge in [0.15, 0.2) is 0 Å². The Hall–Kier alpha value is -0.661. The quantitative estimate of drug-likeness (QED) is 0.448. The van der Waals surface area contributed by atoms with Gasteiger partial charge in [-0.1, -0.05) is 11.5 Å². The van der Waals surface area contributed by atoms with Crippen molar-refractivity contribution in [2.45, 2.75) is 18.9 Å². The molecule has 16 heavy (non-hydrogen) atoms. The van der Waals surface area contributed by atoms with Gasteiger partial charge in [0.05, 0.1) is 0 Å². The molecule has 3 nitrogen and oxygen atoms in total. The molecule has 5 heteroatoms. The standard InChI is InChI=1S/C10H14N2.CHNS.Cu/c1-12-7-3-5-10(12)9-4-2-6-11-8-9;2-1-3;/h2,4,6,8,10H,3,5,7H2,1H3;3H;/q;;+1/p-1. The second-order valence-electron chi connectivity index (χ2n) is 3.52. The van der Waals surface area contributed by atoms with Crippen molar-refractivity contribution in [3.05, 3.63) is 30.1 Å². The normalized spacial score (nSPS) is 18.9. The second kappa shape index (κ2) is 8.49. The predicted octanol–water partition coefficient (Wildman–Crippen LogP) is 1.86. The van der Waals surface area contributed by atoms with E-state index in [1.165, 1.54) is 30.4 Å². The van der Waals surface area contributed by atoms with Gasteiger partial charge < -0.3 is 12.6 Å². The van der Waals surface area contributed by atoms with Crippen molar-refractivity contribution in [2.24, 2.45) is 0 Å². The summed E-state index contributed by atoms with van der Waals surface area (Å²) in [5.41, 5.74) is 1.36. The van der Waals surface area contributed by atoms with E-state index < -0.39 is 0 Å². The van der Waals surface area contributed by atoms with E-state index >= 15 is 0 Å². The van der Waals surface area contributed by atoms with Crippen LogP contribution in [0.2, 0.25) is 0 Å². The molecule has 1 aliphatic rings. The SMILES string of the molecule is CN1CCCC1c1cccnc1.N#C[S-].[Cu+]. The molecule has 0 aliphatic carbocycles. The van der Waals surface area contributed by atoms with Crippen molar-refractivity contribution < 1.29 is 17.1 Å². The van der Waals surface area contributed by atoms with E-state index in [0.29, 0.717) is 6.04 Å². The molecule has 0 bridgehead atoms. The van der Waals surface area contributed by atoms with Gasteiger partial charge in [-0.15, -0.1) is 0 Å². The van der Waals surface area contributed by atoms with E-state index in [4.69, 9.17) is 5.26 Å². The van der Waals surface area contributed by atoms with Crippen LogP contribution in [-0.4, -0.2) is 23.5 Å². The third-order valence-electron chi connectivity index (χ3n) is 2.59. The molecule has 0 spiro atoms. The number of aromatic nitrogens is 1. The Balaban J connectivity index is 0.000000511. The number of hydrogen-bond acceptors (Lipinski definition) is 4. The molecule has 90 valence electrons. The number of likely N-dealkylation sites (tertiary alicyclic amines) is 1. The first-order chi connectivity index (χ1) is 7.29. The van der Waals surface area contributed by atoms with Crippen LogP contribution in [0.15, 0.2) is 24.5 Å². The molecule has 0 amide bonds. The summed E-state index contributed by atoms with van der Waals surface area (Å²) in [6.07, 6.45) is 6.41. The summed E-state index contributed by atoms with van der Waals surface area (Å²) >= 11 is 3.70. The maximum Gasteiger partial charge on any atom is 1.00 e. The summed E-state index contributed by atoms with van der Waals surface area (Å²) in [5.74, 6) is 0. The summed E-state index contributed by atoms with van der Waals surface area (Å²) in [4.78, 5) is 6.54. The van der Waals surface area contributed by atoms with E-state index in [2.05, 4.69) is 35.6 Å². The molecule has 1 fully saturated rings. The van der Waals surface area contributed by atoms with Crippen LogP contribution in [0.1, 0.15) is 24.4 Å². The zero-order chi connectivity index (χ0) is 11.1. The number of nitriles is 1. The number of pyridine rings is 1. The number of hydrogen-bond donors (Lipinski definition) is 0. The molecule has 2 rings (SSSR count). The van der Waals surface area contributed by atoms with Crippen LogP contribution in [0.25, 0.3) is 0 Å². The van der Waals surface area contributed by atoms with E-state index in [1.54, 1.807) is 0 Å². The molecule has 1 saturated heterocycles. The van der Waals surface area contributed by atoms with Crippen LogP contribution in [0.3, 0.4) is 0 Å². The molecule has 0 N–H and O–H groups in total. The molecule has 1 aliphatic heterocycles. The summed E-state index contributed by atoms with van der Waals surface area (Å²) in [5, 5.41) is 8.47. The van der Waals surface area contributed by atoms with Crippen molar-refractivity contribution in [1.82, 2.24) is 9.88 Å². The molecule has 0 saturated carbocycles. The average molecular weight is 284 g/mol. The van der Waals surface area contributed by atoms with Gasteiger partial charge in [-0.05, 0) is 38.1 Å². The van der Waals surface area contributed by atoms with E-state index in [1.807, 2.05) is 18.5 Å². The van der Waals surface area contributed by atoms with Crippen molar-refractivity contribution in [1.29, 1.82) is 5.26 Å². The Kier molecular flexibility index (Phi) is 8.14. The molecule has 1 aromatic rings. The first-order valence-corrected chi connectivity index (χ1v) is 5.31. The molecule has 1 atom stereocenters. The second-order valence-corrected chi connectivity index (χ2v) is 3.70. The van der Waals surface area contributed by atoms with Crippen LogP contribution in [0.4, 0.5) is 0 Å². The fourth-order valence-corrected chi connectivity index (χ4v) is 1.90. The third-order valence-corrected chi connectivity index (χ3v) is 2.59. The molecule has 0 aromatic carbocycles. The minimum absolute atomic E-state index is 0. The van der Waals surface area contributed by atoms with Crippen LogP contribution in [0.5, 0.6) is 0 Å². The topological polar surface area (TPSA) is 39.9 Å². The Morgan fingerprint density at radius 3 is 2.75 bits per heavy atom. The third kappa shape index (κ3) is 4.46. The Morgan fingerprint density at radius 1 is 1.62 bits per heavy atom. The van der Waals surface area contributed by atoms with Crippen LogP contribution in [-0.2, 0) is 29.7 Å². The predicted molar refractivity (Wildman–Crippen MR) is 61.8 cm³/mol. The summed E-state index contributed by atoms with van der Waals surface area (Å²) in [6.45, 7) is 1.22. The van der Waals surface area contributed by atoms with E-state index in [9.17, 15) is 0 Å². The fraction of sp³-hybridized carbons (Fsp3) is 0.455. The van der Waals surface area contributed by atoms with Crippen molar-refractivity contribution >= 4 is 12.6 Å². The van der Waals surface area contributed by atoms with Crippen LogP contribution < -0.4 is 0 Å². The smallest absolute Gasteiger partial charge is 0.696 e. The van der Waals surface area contributed by atoms with Gasteiger partial charge in [-0.25, -0.2) is 5.26 Å². The number of nitrogens with zero attached hydrogens (tertiary/aromatic N) is 3. The minimum Gasteiger partial charge on any atom is -0.696 e. The molecule has 1 unspecified atom stereocenters. The zero-order valence-electron chi connectivity index (χ0n) is 9.06. The van der Waals surface area contributed by atoms with Crippen molar-refractivity contribution in [2.75, 3.05) is 13.6 Å². The van der Waals surface area contributed by atoms with Gasteiger partial charge in [0.2, 0.25) is 0 Å². The molecule has 0 radical (unpaired) electrons. The fourth-order valence-electron chi connectivity index (χ4n) is 1.90. The largest absolute Gasteiger partial charge is 1.00 e. The maximum atomic E-state index is 7.13. The van der Waals surface area contributed by atoms with Crippen molar-refractivity contribution in [3.63, 3.8) is 0 Å². The Bertz CT molecular complexity index is 326. The van der Waals surface area contributed by atoms with Gasteiger partial charge in [0, 0.05) is 18.4 Å². The molecule has 1 aromatic heterocycles. The van der Waals surface area contributed by atoms with Crippen LogP contribution >= 0.6 is 0 Å². The first-order valence-electron chi connectivity index (χ1n) is 4.91. The van der Waals surface area contributed by atoms with Crippen molar-refractivity contribution in [3.8, 4) is 5.40 Å². The van der Waals surface area contributed by atoms with Gasteiger partial charge >= 0.3 is 17.1 Å². The van der Waals surface area contributed by atoms with Gasteiger partial charge in [-0.2, -0.15) is 0 Å². The monoisotopic (exact) mass is 283 g/mol. The maximum absolute atomic E-state index is 7.13. The molecular weight excluding hydrogens is 270 g/mol. The summed E-state index contributed by atoms with van der Waals surface area (Å²) in [7, 11) is 2.19. The van der Waals surface area contributed by atoms with Gasteiger partial charge in [0.25, 0.3) is 0 Å². The van der Waals surface area contributed by atoms with Crippen LogP contribution in [0, 0.1) is 10.7 Å². The van der Waals surface area contributed by atoms with Gasteiger partial charge in [-0.3, -0.25) is 9.88 Å². The Morgan fingerprint density at radius 2 is 2.31 bits per heavy atom. The molecule has 2 heterocycles. The minimum atomic E-state index is 0. The van der Waals surface area contributed by atoms with Gasteiger partial charge in [0.1, 0.15) is 0 Å². The molecular formula is C11H14CuN3S. The Labute approximate surface area is 113 Å². The zero-order valence-corrected chi connectivity index (χ0v) is 10.8. The van der Waals surface area contributed by atoms with E-state index in [0.717, 1.165) is 0 Å². The number of thiocyanates is 1. The van der Waals surface area contributed by atoms with E-state index in [-0.39, 0.29) is 17.1 Å². The average Bonchev–Trinajstić information content (AvgIpc) is 2.67. The summed E-state index contributed by atoms with van der Waals surface area (Å²) < 4.78 is 0. The first kappa shape index (κ1) is 15.3.